The number of hydrogen-bond donors (Lipinski definition) is 1. The van der Waals surface area contributed by atoms with Gasteiger partial charge in [-0.2, -0.15) is 0 Å². The molecule has 0 spiro atoms. The van der Waals surface area contributed by atoms with Crippen LogP contribution in [0.4, 0.5) is 10.1 Å². The number of benzene rings is 1. The summed E-state index contributed by atoms with van der Waals surface area (Å²) in [5, 5.41) is 8.73. The van der Waals surface area contributed by atoms with Crippen molar-refractivity contribution in [3.05, 3.63) is 42.2 Å². The van der Waals surface area contributed by atoms with Crippen LogP contribution in [-0.4, -0.2) is 24.2 Å². The summed E-state index contributed by atoms with van der Waals surface area (Å²) in [5.41, 5.74) is 0.373. The van der Waals surface area contributed by atoms with Crippen molar-refractivity contribution in [1.29, 1.82) is 0 Å². The molecule has 1 aromatic rings. The number of nitrogens with zero attached hydrogens (tertiary/aromatic N) is 1. The molecule has 0 aliphatic rings. The molecule has 0 aliphatic carbocycles. The van der Waals surface area contributed by atoms with Gasteiger partial charge in [0.15, 0.2) is 0 Å². The molecule has 0 bridgehead atoms. The SMILES string of the molecule is C=CCN(CCC)c1ccc(C(=O)O)c(F)c1. The topological polar surface area (TPSA) is 40.5 Å². The number of aromatic carboxylic acids is 1. The van der Waals surface area contributed by atoms with Gasteiger partial charge in [-0.25, -0.2) is 9.18 Å². The van der Waals surface area contributed by atoms with Crippen LogP contribution in [-0.2, 0) is 0 Å². The van der Waals surface area contributed by atoms with Crippen LogP contribution in [0.15, 0.2) is 30.9 Å². The van der Waals surface area contributed by atoms with E-state index in [-0.39, 0.29) is 5.56 Å². The molecular formula is C13H16FNO2. The molecule has 0 aliphatic heterocycles. The molecule has 0 aromatic heterocycles. The van der Waals surface area contributed by atoms with E-state index in [9.17, 15) is 9.18 Å². The Morgan fingerprint density at radius 1 is 1.59 bits per heavy atom. The maximum Gasteiger partial charge on any atom is 0.338 e. The summed E-state index contributed by atoms with van der Waals surface area (Å²) in [4.78, 5) is 12.6. The first-order chi connectivity index (χ1) is 8.10. The number of carboxylic acid groups (broad SMARTS) is 1. The standard InChI is InChI=1S/C13H16FNO2/c1-3-7-15(8-4-2)10-5-6-11(13(16)17)12(14)9-10/h3,5-6,9H,1,4,7-8H2,2H3,(H,16,17). The van der Waals surface area contributed by atoms with Crippen molar-refractivity contribution in [3.8, 4) is 0 Å². The lowest BCUT2D eigenvalue weighted by Crippen LogP contribution is -2.24. The molecule has 1 N–H and O–H groups in total. The molecule has 0 amide bonds. The molecule has 0 heterocycles. The smallest absolute Gasteiger partial charge is 0.338 e. The summed E-state index contributed by atoms with van der Waals surface area (Å²) in [6.45, 7) is 7.06. The highest BCUT2D eigenvalue weighted by Crippen LogP contribution is 2.19. The largest absolute Gasteiger partial charge is 0.478 e. The number of carbonyl (C=O) groups is 1. The van der Waals surface area contributed by atoms with Crippen LogP contribution in [0.25, 0.3) is 0 Å². The van der Waals surface area contributed by atoms with Crippen LogP contribution in [0.1, 0.15) is 23.7 Å². The zero-order valence-corrected chi connectivity index (χ0v) is 9.82. The van der Waals surface area contributed by atoms with Crippen LogP contribution in [0.3, 0.4) is 0 Å². The second kappa shape index (κ2) is 6.03. The molecule has 0 radical (unpaired) electrons. The van der Waals surface area contributed by atoms with Crippen molar-refractivity contribution in [2.24, 2.45) is 0 Å². The van der Waals surface area contributed by atoms with Gasteiger partial charge in [-0.15, -0.1) is 6.58 Å². The van der Waals surface area contributed by atoms with Gasteiger partial charge in [0.1, 0.15) is 5.82 Å². The second-order valence-electron chi connectivity index (χ2n) is 3.70. The number of carboxylic acids is 1. The minimum atomic E-state index is -1.25. The summed E-state index contributed by atoms with van der Waals surface area (Å²) in [5.74, 6) is -1.96. The van der Waals surface area contributed by atoms with Crippen LogP contribution < -0.4 is 4.90 Å². The molecule has 0 fully saturated rings. The molecule has 0 atom stereocenters. The maximum atomic E-state index is 13.5. The lowest BCUT2D eigenvalue weighted by atomic mass is 10.1. The second-order valence-corrected chi connectivity index (χ2v) is 3.70. The summed E-state index contributed by atoms with van der Waals surface area (Å²) in [7, 11) is 0. The monoisotopic (exact) mass is 237 g/mol. The predicted octanol–water partition coefficient (Wildman–Crippen LogP) is 2.93. The lowest BCUT2D eigenvalue weighted by Gasteiger charge is -2.22. The van der Waals surface area contributed by atoms with Crippen LogP contribution in [0.2, 0.25) is 0 Å². The van der Waals surface area contributed by atoms with Crippen molar-refractivity contribution < 1.29 is 14.3 Å². The highest BCUT2D eigenvalue weighted by Gasteiger charge is 2.12. The zero-order valence-electron chi connectivity index (χ0n) is 9.82. The average molecular weight is 237 g/mol. The molecule has 0 saturated carbocycles. The third kappa shape index (κ3) is 3.31. The third-order valence-electron chi connectivity index (χ3n) is 2.39. The van der Waals surface area contributed by atoms with Gasteiger partial charge >= 0.3 is 5.97 Å². The predicted molar refractivity (Wildman–Crippen MR) is 66.1 cm³/mol. The van der Waals surface area contributed by atoms with E-state index in [1.165, 1.54) is 12.1 Å². The summed E-state index contributed by atoms with van der Waals surface area (Å²) < 4.78 is 13.5. The molecule has 0 unspecified atom stereocenters. The Morgan fingerprint density at radius 3 is 2.76 bits per heavy atom. The quantitative estimate of drug-likeness (QED) is 0.773. The van der Waals surface area contributed by atoms with Gasteiger partial charge in [0.25, 0.3) is 0 Å². The van der Waals surface area contributed by atoms with Crippen LogP contribution in [0, 0.1) is 5.82 Å². The van der Waals surface area contributed by atoms with Gasteiger partial charge < -0.3 is 10.0 Å². The van der Waals surface area contributed by atoms with Gasteiger partial charge in [0.05, 0.1) is 5.56 Å². The van der Waals surface area contributed by atoms with Crippen molar-refractivity contribution in [2.75, 3.05) is 18.0 Å². The Hall–Kier alpha value is -1.84. The van der Waals surface area contributed by atoms with Gasteiger partial charge in [0, 0.05) is 18.8 Å². The normalized spacial score (nSPS) is 10.0. The van der Waals surface area contributed by atoms with E-state index in [1.54, 1.807) is 12.1 Å². The van der Waals surface area contributed by atoms with Crippen LogP contribution in [0.5, 0.6) is 0 Å². The minimum Gasteiger partial charge on any atom is -0.478 e. The molecular weight excluding hydrogens is 221 g/mol. The Bertz CT molecular complexity index is 418. The van der Waals surface area contributed by atoms with E-state index in [0.717, 1.165) is 13.0 Å². The first-order valence-corrected chi connectivity index (χ1v) is 5.48. The molecule has 0 saturated heterocycles. The molecule has 4 heteroatoms. The summed E-state index contributed by atoms with van der Waals surface area (Å²) in [6, 6.07) is 4.16. The molecule has 1 rings (SSSR count). The fraction of sp³-hybridized carbons (Fsp3) is 0.308. The van der Waals surface area contributed by atoms with E-state index < -0.39 is 11.8 Å². The fourth-order valence-electron chi connectivity index (χ4n) is 1.63. The highest BCUT2D eigenvalue weighted by atomic mass is 19.1. The van der Waals surface area contributed by atoms with Gasteiger partial charge in [0.2, 0.25) is 0 Å². The van der Waals surface area contributed by atoms with Gasteiger partial charge in [-0.3, -0.25) is 0 Å². The van der Waals surface area contributed by atoms with E-state index in [2.05, 4.69) is 6.58 Å². The van der Waals surface area contributed by atoms with Gasteiger partial charge in [-0.1, -0.05) is 13.0 Å². The van der Waals surface area contributed by atoms with Crippen molar-refractivity contribution >= 4 is 11.7 Å². The van der Waals surface area contributed by atoms with E-state index >= 15 is 0 Å². The Morgan fingerprint density at radius 2 is 2.29 bits per heavy atom. The van der Waals surface area contributed by atoms with Crippen molar-refractivity contribution in [2.45, 2.75) is 13.3 Å². The van der Waals surface area contributed by atoms with E-state index in [0.29, 0.717) is 12.2 Å². The molecule has 1 aromatic carbocycles. The number of hydrogen-bond acceptors (Lipinski definition) is 2. The zero-order chi connectivity index (χ0) is 12.8. The molecule has 17 heavy (non-hydrogen) atoms. The molecule has 92 valence electrons. The first-order valence-electron chi connectivity index (χ1n) is 5.48. The number of halogens is 1. The Kier molecular flexibility index (Phi) is 4.69. The van der Waals surface area contributed by atoms with Crippen LogP contribution >= 0.6 is 0 Å². The Balaban J connectivity index is 3.01. The summed E-state index contributed by atoms with van der Waals surface area (Å²) in [6.07, 6.45) is 2.66. The summed E-state index contributed by atoms with van der Waals surface area (Å²) >= 11 is 0. The number of rotatable bonds is 6. The lowest BCUT2D eigenvalue weighted by molar-refractivity contribution is 0.0692. The Labute approximate surface area is 100 Å². The maximum absolute atomic E-state index is 13.5. The first kappa shape index (κ1) is 13.2. The van der Waals surface area contributed by atoms with Gasteiger partial charge in [-0.05, 0) is 24.6 Å². The molecule has 3 nitrogen and oxygen atoms in total. The van der Waals surface area contributed by atoms with Crippen molar-refractivity contribution in [3.63, 3.8) is 0 Å². The fourth-order valence-corrected chi connectivity index (χ4v) is 1.63. The average Bonchev–Trinajstić information content (AvgIpc) is 2.28. The van der Waals surface area contributed by atoms with E-state index in [4.69, 9.17) is 5.11 Å². The third-order valence-corrected chi connectivity index (χ3v) is 2.39. The highest BCUT2D eigenvalue weighted by molar-refractivity contribution is 5.88. The minimum absolute atomic E-state index is 0.302. The number of anilines is 1. The van der Waals surface area contributed by atoms with Crippen molar-refractivity contribution in [1.82, 2.24) is 0 Å². The van der Waals surface area contributed by atoms with E-state index in [1.807, 2.05) is 11.8 Å².